The van der Waals surface area contributed by atoms with Crippen molar-refractivity contribution in [1.82, 2.24) is 9.97 Å². The molecule has 2 heterocycles. The number of carbonyl (C=O) groups is 1. The van der Waals surface area contributed by atoms with Gasteiger partial charge in [0.1, 0.15) is 5.69 Å². The molecule has 0 unspecified atom stereocenters. The summed E-state index contributed by atoms with van der Waals surface area (Å²) in [6.07, 6.45) is 3.26. The lowest BCUT2D eigenvalue weighted by atomic mass is 10.1. The van der Waals surface area contributed by atoms with Crippen LogP contribution in [0.15, 0.2) is 42.7 Å². The number of nitrogens with two attached hydrogens (primary N) is 1. The second kappa shape index (κ2) is 3.88. The summed E-state index contributed by atoms with van der Waals surface area (Å²) in [5.41, 5.74) is 6.79. The number of aromatic nitrogens is 2. The van der Waals surface area contributed by atoms with Crippen LogP contribution in [0.1, 0.15) is 10.4 Å². The van der Waals surface area contributed by atoms with E-state index in [0.29, 0.717) is 17.0 Å². The van der Waals surface area contributed by atoms with Crippen LogP contribution in [-0.2, 0) is 0 Å². The Kier molecular flexibility index (Phi) is 2.41. The fourth-order valence-electron chi connectivity index (χ4n) is 1.31. The number of hydrogen-bond acceptors (Lipinski definition) is 3. The molecular formula is C11H9N3O. The van der Waals surface area contributed by atoms with Gasteiger partial charge in [0.2, 0.25) is 0 Å². The number of rotatable bonds is 2. The van der Waals surface area contributed by atoms with E-state index in [9.17, 15) is 4.79 Å². The predicted octanol–water partition coefficient (Wildman–Crippen LogP) is 1.24. The van der Waals surface area contributed by atoms with Crippen LogP contribution < -0.4 is 5.73 Å². The van der Waals surface area contributed by atoms with Gasteiger partial charge in [0.25, 0.3) is 5.91 Å². The minimum absolute atomic E-state index is 0.385. The summed E-state index contributed by atoms with van der Waals surface area (Å²) in [7, 11) is 0. The number of nitrogens with zero attached hydrogens (tertiary/aromatic N) is 2. The zero-order valence-electron chi connectivity index (χ0n) is 7.92. The number of hydrogen-bond donors (Lipinski definition) is 1. The van der Waals surface area contributed by atoms with Crippen molar-refractivity contribution in [3.8, 4) is 11.4 Å². The summed E-state index contributed by atoms with van der Waals surface area (Å²) in [5, 5.41) is 0. The van der Waals surface area contributed by atoms with Crippen molar-refractivity contribution in [3.05, 3.63) is 48.3 Å². The van der Waals surface area contributed by atoms with Gasteiger partial charge in [-0.15, -0.1) is 0 Å². The maximum Gasteiger partial charge on any atom is 0.250 e. The maximum absolute atomic E-state index is 11.1. The minimum Gasteiger partial charge on any atom is -0.366 e. The summed E-state index contributed by atoms with van der Waals surface area (Å²) in [4.78, 5) is 19.4. The number of amides is 1. The van der Waals surface area contributed by atoms with Gasteiger partial charge >= 0.3 is 0 Å². The largest absolute Gasteiger partial charge is 0.366 e. The highest BCUT2D eigenvalue weighted by Crippen LogP contribution is 2.17. The molecule has 0 aliphatic heterocycles. The SMILES string of the molecule is NC(=O)c1cccnc1-c1ccccn1. The highest BCUT2D eigenvalue weighted by molar-refractivity contribution is 5.98. The Bertz CT molecular complexity index is 482. The van der Waals surface area contributed by atoms with E-state index in [1.165, 1.54) is 0 Å². The van der Waals surface area contributed by atoms with Crippen molar-refractivity contribution in [2.75, 3.05) is 0 Å². The lowest BCUT2D eigenvalue weighted by Gasteiger charge is -2.03. The Labute approximate surface area is 86.8 Å². The molecule has 2 rings (SSSR count). The van der Waals surface area contributed by atoms with Crippen LogP contribution in [0.25, 0.3) is 11.4 Å². The Morgan fingerprint density at radius 2 is 1.87 bits per heavy atom. The van der Waals surface area contributed by atoms with Crippen LogP contribution in [0.4, 0.5) is 0 Å². The molecule has 2 aromatic rings. The molecule has 4 heteroatoms. The van der Waals surface area contributed by atoms with Crippen molar-refractivity contribution >= 4 is 5.91 Å². The zero-order chi connectivity index (χ0) is 10.7. The first kappa shape index (κ1) is 9.33. The molecule has 0 radical (unpaired) electrons. The number of primary amides is 1. The molecule has 0 aliphatic rings. The maximum atomic E-state index is 11.1. The zero-order valence-corrected chi connectivity index (χ0v) is 7.92. The first-order valence-corrected chi connectivity index (χ1v) is 4.45. The van der Waals surface area contributed by atoms with E-state index in [2.05, 4.69) is 9.97 Å². The molecule has 0 aliphatic carbocycles. The Hall–Kier alpha value is -2.23. The van der Waals surface area contributed by atoms with Crippen molar-refractivity contribution in [2.24, 2.45) is 5.73 Å². The first-order valence-electron chi connectivity index (χ1n) is 4.45. The third-order valence-electron chi connectivity index (χ3n) is 1.98. The second-order valence-corrected chi connectivity index (χ2v) is 2.98. The molecule has 0 saturated heterocycles. The van der Waals surface area contributed by atoms with Crippen molar-refractivity contribution in [2.45, 2.75) is 0 Å². The highest BCUT2D eigenvalue weighted by atomic mass is 16.1. The highest BCUT2D eigenvalue weighted by Gasteiger charge is 2.10. The standard InChI is InChI=1S/C11H9N3O/c12-11(15)8-4-3-7-14-10(8)9-5-1-2-6-13-9/h1-7H,(H2,12,15). The average molecular weight is 199 g/mol. The summed E-state index contributed by atoms with van der Waals surface area (Å²) >= 11 is 0. The van der Waals surface area contributed by atoms with Gasteiger partial charge in [-0.25, -0.2) is 0 Å². The van der Waals surface area contributed by atoms with Crippen LogP contribution in [0, 0.1) is 0 Å². The predicted molar refractivity (Wildman–Crippen MR) is 56.0 cm³/mol. The van der Waals surface area contributed by atoms with Gasteiger partial charge in [-0.05, 0) is 24.3 Å². The Morgan fingerprint density at radius 3 is 2.53 bits per heavy atom. The van der Waals surface area contributed by atoms with Crippen molar-refractivity contribution in [1.29, 1.82) is 0 Å². The third kappa shape index (κ3) is 1.83. The van der Waals surface area contributed by atoms with Crippen molar-refractivity contribution in [3.63, 3.8) is 0 Å². The third-order valence-corrected chi connectivity index (χ3v) is 1.98. The smallest absolute Gasteiger partial charge is 0.250 e. The van der Waals surface area contributed by atoms with Gasteiger partial charge in [0, 0.05) is 12.4 Å². The van der Waals surface area contributed by atoms with Crippen LogP contribution >= 0.6 is 0 Å². The number of carbonyl (C=O) groups excluding carboxylic acids is 1. The minimum atomic E-state index is -0.497. The van der Waals surface area contributed by atoms with E-state index in [1.54, 1.807) is 36.7 Å². The van der Waals surface area contributed by atoms with E-state index in [4.69, 9.17) is 5.73 Å². The molecule has 0 atom stereocenters. The molecule has 15 heavy (non-hydrogen) atoms. The van der Waals surface area contributed by atoms with Gasteiger partial charge in [-0.1, -0.05) is 6.07 Å². The van der Waals surface area contributed by atoms with Gasteiger partial charge in [0.05, 0.1) is 11.3 Å². The molecule has 0 saturated carbocycles. The van der Waals surface area contributed by atoms with Gasteiger partial charge in [0.15, 0.2) is 0 Å². The summed E-state index contributed by atoms with van der Waals surface area (Å²) in [5.74, 6) is -0.497. The molecular weight excluding hydrogens is 190 g/mol. The van der Waals surface area contributed by atoms with E-state index >= 15 is 0 Å². The molecule has 0 bridgehead atoms. The Morgan fingerprint density at radius 1 is 1.07 bits per heavy atom. The second-order valence-electron chi connectivity index (χ2n) is 2.98. The quantitative estimate of drug-likeness (QED) is 0.791. The lowest BCUT2D eigenvalue weighted by Crippen LogP contribution is -2.13. The topological polar surface area (TPSA) is 68.9 Å². The molecule has 74 valence electrons. The summed E-state index contributed by atoms with van der Waals surface area (Å²) in [6, 6.07) is 8.73. The first-order chi connectivity index (χ1) is 7.29. The van der Waals surface area contributed by atoms with E-state index in [-0.39, 0.29) is 0 Å². The fourth-order valence-corrected chi connectivity index (χ4v) is 1.31. The molecule has 4 nitrogen and oxygen atoms in total. The monoisotopic (exact) mass is 199 g/mol. The van der Waals surface area contributed by atoms with Crippen LogP contribution in [0.3, 0.4) is 0 Å². The van der Waals surface area contributed by atoms with Crippen LogP contribution in [0.5, 0.6) is 0 Å². The Balaban J connectivity index is 2.58. The van der Waals surface area contributed by atoms with Crippen molar-refractivity contribution < 1.29 is 4.79 Å². The number of pyridine rings is 2. The van der Waals surface area contributed by atoms with E-state index in [0.717, 1.165) is 0 Å². The van der Waals surface area contributed by atoms with Gasteiger partial charge in [-0.2, -0.15) is 0 Å². The lowest BCUT2D eigenvalue weighted by molar-refractivity contribution is 0.100. The molecule has 2 aromatic heterocycles. The molecule has 1 amide bonds. The fraction of sp³-hybridized carbons (Fsp3) is 0. The summed E-state index contributed by atoms with van der Waals surface area (Å²) in [6.45, 7) is 0. The average Bonchev–Trinajstić information content (AvgIpc) is 2.30. The van der Waals surface area contributed by atoms with Crippen LogP contribution in [-0.4, -0.2) is 15.9 Å². The van der Waals surface area contributed by atoms with E-state index < -0.39 is 5.91 Å². The van der Waals surface area contributed by atoms with Crippen LogP contribution in [0.2, 0.25) is 0 Å². The van der Waals surface area contributed by atoms with E-state index in [1.807, 2.05) is 6.07 Å². The molecule has 0 aromatic carbocycles. The summed E-state index contributed by atoms with van der Waals surface area (Å²) < 4.78 is 0. The molecule has 0 fully saturated rings. The molecule has 0 spiro atoms. The molecule has 2 N–H and O–H groups in total. The van der Waals surface area contributed by atoms with Gasteiger partial charge < -0.3 is 5.73 Å². The normalized spacial score (nSPS) is 9.87. The van der Waals surface area contributed by atoms with Gasteiger partial charge in [-0.3, -0.25) is 14.8 Å².